The summed E-state index contributed by atoms with van der Waals surface area (Å²) in [6, 6.07) is 6.65. The molecule has 0 aliphatic rings. The third-order valence-corrected chi connectivity index (χ3v) is 2.19. The van der Waals surface area contributed by atoms with E-state index >= 15 is 0 Å². The molecule has 94 valence electrons. The number of hydrogen-bond donors (Lipinski definition) is 0. The molecule has 0 saturated heterocycles. The molecule has 0 aliphatic carbocycles. The Labute approximate surface area is 100 Å². The van der Waals surface area contributed by atoms with Gasteiger partial charge in [-0.3, -0.25) is 0 Å². The van der Waals surface area contributed by atoms with Crippen molar-refractivity contribution in [2.24, 2.45) is 0 Å². The molecular weight excluding hydrogens is 224 g/mol. The van der Waals surface area contributed by atoms with Crippen molar-refractivity contribution in [1.29, 1.82) is 0 Å². The molecule has 0 spiro atoms. The normalized spacial score (nSPS) is 10.4. The SMILES string of the molecule is COC(=O)c1ccc(OCC(OC)OC)cc1. The maximum atomic E-state index is 11.2. The van der Waals surface area contributed by atoms with Gasteiger partial charge in [0.15, 0.2) is 6.29 Å². The second-order valence-corrected chi connectivity index (χ2v) is 3.23. The van der Waals surface area contributed by atoms with E-state index in [1.165, 1.54) is 21.3 Å². The molecule has 5 nitrogen and oxygen atoms in total. The van der Waals surface area contributed by atoms with Crippen molar-refractivity contribution in [3.05, 3.63) is 29.8 Å². The monoisotopic (exact) mass is 240 g/mol. The predicted octanol–water partition coefficient (Wildman–Crippen LogP) is 1.47. The summed E-state index contributed by atoms with van der Waals surface area (Å²) in [4.78, 5) is 11.2. The Morgan fingerprint density at radius 3 is 2.18 bits per heavy atom. The van der Waals surface area contributed by atoms with Gasteiger partial charge in [-0.2, -0.15) is 0 Å². The summed E-state index contributed by atoms with van der Waals surface area (Å²) in [6.07, 6.45) is -0.407. The molecule has 0 aromatic heterocycles. The lowest BCUT2D eigenvalue weighted by atomic mass is 10.2. The Morgan fingerprint density at radius 2 is 1.71 bits per heavy atom. The Kier molecular flexibility index (Phi) is 5.45. The van der Waals surface area contributed by atoms with Gasteiger partial charge in [0.05, 0.1) is 12.7 Å². The van der Waals surface area contributed by atoms with Crippen LogP contribution in [0.3, 0.4) is 0 Å². The second kappa shape index (κ2) is 6.88. The molecule has 0 atom stereocenters. The highest BCUT2D eigenvalue weighted by molar-refractivity contribution is 5.89. The van der Waals surface area contributed by atoms with Crippen molar-refractivity contribution in [3.63, 3.8) is 0 Å². The molecule has 0 saturated carbocycles. The lowest BCUT2D eigenvalue weighted by Crippen LogP contribution is -2.22. The fourth-order valence-corrected chi connectivity index (χ4v) is 1.20. The smallest absolute Gasteiger partial charge is 0.337 e. The summed E-state index contributed by atoms with van der Waals surface area (Å²) in [5.74, 6) is 0.264. The van der Waals surface area contributed by atoms with Gasteiger partial charge in [0.1, 0.15) is 12.4 Å². The van der Waals surface area contributed by atoms with Crippen LogP contribution in [-0.4, -0.2) is 40.2 Å². The fourth-order valence-electron chi connectivity index (χ4n) is 1.20. The van der Waals surface area contributed by atoms with Crippen LogP contribution in [-0.2, 0) is 14.2 Å². The topological polar surface area (TPSA) is 54.0 Å². The highest BCUT2D eigenvalue weighted by Gasteiger charge is 2.07. The van der Waals surface area contributed by atoms with Gasteiger partial charge in [0.2, 0.25) is 0 Å². The van der Waals surface area contributed by atoms with Crippen LogP contribution in [0.25, 0.3) is 0 Å². The standard InChI is InChI=1S/C12H16O5/c1-14-11(15-2)8-17-10-6-4-9(5-7-10)12(13)16-3/h4-7,11H,8H2,1-3H3. The maximum absolute atomic E-state index is 11.2. The van der Waals surface area contributed by atoms with Crippen LogP contribution in [0.4, 0.5) is 0 Å². The fraction of sp³-hybridized carbons (Fsp3) is 0.417. The predicted molar refractivity (Wildman–Crippen MR) is 61.1 cm³/mol. The van der Waals surface area contributed by atoms with Crippen molar-refractivity contribution < 1.29 is 23.7 Å². The Hall–Kier alpha value is -1.59. The molecule has 1 rings (SSSR count). The zero-order valence-corrected chi connectivity index (χ0v) is 10.1. The number of rotatable bonds is 6. The Morgan fingerprint density at radius 1 is 1.12 bits per heavy atom. The lowest BCUT2D eigenvalue weighted by molar-refractivity contribution is -0.121. The van der Waals surface area contributed by atoms with Gasteiger partial charge in [-0.15, -0.1) is 0 Å². The molecule has 0 fully saturated rings. The molecular formula is C12H16O5. The minimum atomic E-state index is -0.407. The summed E-state index contributed by atoms with van der Waals surface area (Å²) < 4.78 is 20.0. The minimum Gasteiger partial charge on any atom is -0.488 e. The molecule has 1 aromatic rings. The van der Waals surface area contributed by atoms with Gasteiger partial charge in [-0.05, 0) is 24.3 Å². The zero-order chi connectivity index (χ0) is 12.7. The Balaban J connectivity index is 2.53. The van der Waals surface area contributed by atoms with Gasteiger partial charge in [0, 0.05) is 14.2 Å². The first-order chi connectivity index (χ1) is 8.21. The number of carbonyl (C=O) groups excluding carboxylic acids is 1. The van der Waals surface area contributed by atoms with E-state index in [2.05, 4.69) is 4.74 Å². The average molecular weight is 240 g/mol. The molecule has 0 radical (unpaired) electrons. The molecule has 0 bridgehead atoms. The summed E-state index contributed by atoms with van der Waals surface area (Å²) in [5, 5.41) is 0. The van der Waals surface area contributed by atoms with E-state index in [1.54, 1.807) is 24.3 Å². The number of hydrogen-bond acceptors (Lipinski definition) is 5. The van der Waals surface area contributed by atoms with E-state index in [0.717, 1.165) is 0 Å². The van der Waals surface area contributed by atoms with Gasteiger partial charge in [0.25, 0.3) is 0 Å². The van der Waals surface area contributed by atoms with Crippen LogP contribution >= 0.6 is 0 Å². The van der Waals surface area contributed by atoms with Gasteiger partial charge in [-0.1, -0.05) is 0 Å². The third-order valence-electron chi connectivity index (χ3n) is 2.19. The summed E-state index contributed by atoms with van der Waals surface area (Å²) in [7, 11) is 4.42. The molecule has 1 aromatic carbocycles. The zero-order valence-electron chi connectivity index (χ0n) is 10.1. The van der Waals surface area contributed by atoms with E-state index in [4.69, 9.17) is 14.2 Å². The van der Waals surface area contributed by atoms with Gasteiger partial charge in [-0.25, -0.2) is 4.79 Å². The quantitative estimate of drug-likeness (QED) is 0.556. The van der Waals surface area contributed by atoms with Crippen molar-refractivity contribution in [1.82, 2.24) is 0 Å². The van der Waals surface area contributed by atoms with E-state index in [9.17, 15) is 4.79 Å². The number of ether oxygens (including phenoxy) is 4. The average Bonchev–Trinajstić information content (AvgIpc) is 2.39. The lowest BCUT2D eigenvalue weighted by Gasteiger charge is -2.14. The van der Waals surface area contributed by atoms with E-state index in [0.29, 0.717) is 11.3 Å². The molecule has 0 heterocycles. The van der Waals surface area contributed by atoms with Gasteiger partial charge < -0.3 is 18.9 Å². The van der Waals surface area contributed by atoms with Crippen LogP contribution in [0.15, 0.2) is 24.3 Å². The van der Waals surface area contributed by atoms with Crippen molar-refractivity contribution >= 4 is 5.97 Å². The highest BCUT2D eigenvalue weighted by Crippen LogP contribution is 2.13. The second-order valence-electron chi connectivity index (χ2n) is 3.23. The summed E-state index contributed by atoms with van der Waals surface area (Å²) >= 11 is 0. The first-order valence-electron chi connectivity index (χ1n) is 5.08. The van der Waals surface area contributed by atoms with Crippen molar-refractivity contribution in [3.8, 4) is 5.75 Å². The van der Waals surface area contributed by atoms with Crippen LogP contribution < -0.4 is 4.74 Å². The highest BCUT2D eigenvalue weighted by atomic mass is 16.7. The van der Waals surface area contributed by atoms with E-state index < -0.39 is 6.29 Å². The minimum absolute atomic E-state index is 0.282. The van der Waals surface area contributed by atoms with Crippen molar-refractivity contribution in [2.45, 2.75) is 6.29 Å². The molecule has 0 amide bonds. The first-order valence-corrected chi connectivity index (χ1v) is 5.08. The number of methoxy groups -OCH3 is 3. The molecule has 0 N–H and O–H groups in total. The van der Waals surface area contributed by atoms with Crippen LogP contribution in [0, 0.1) is 0 Å². The molecule has 17 heavy (non-hydrogen) atoms. The van der Waals surface area contributed by atoms with Crippen LogP contribution in [0.2, 0.25) is 0 Å². The van der Waals surface area contributed by atoms with E-state index in [-0.39, 0.29) is 12.6 Å². The number of carbonyl (C=O) groups is 1. The number of esters is 1. The summed E-state index contributed by atoms with van der Waals surface area (Å²) in [6.45, 7) is 0.282. The number of benzene rings is 1. The third kappa shape index (κ3) is 4.05. The largest absolute Gasteiger partial charge is 0.488 e. The maximum Gasteiger partial charge on any atom is 0.337 e. The van der Waals surface area contributed by atoms with Gasteiger partial charge >= 0.3 is 5.97 Å². The Bertz CT molecular complexity index is 342. The molecule has 0 unspecified atom stereocenters. The van der Waals surface area contributed by atoms with Crippen molar-refractivity contribution in [2.75, 3.05) is 27.9 Å². The first kappa shape index (κ1) is 13.5. The van der Waals surface area contributed by atoms with Crippen LogP contribution in [0.1, 0.15) is 10.4 Å². The molecule has 0 aliphatic heterocycles. The molecule has 5 heteroatoms. The van der Waals surface area contributed by atoms with E-state index in [1.807, 2.05) is 0 Å². The van der Waals surface area contributed by atoms with Crippen LogP contribution in [0.5, 0.6) is 5.75 Å². The summed E-state index contributed by atoms with van der Waals surface area (Å²) in [5.41, 5.74) is 0.481.